The molecule has 2 fully saturated rings. The van der Waals surface area contributed by atoms with E-state index in [1.165, 1.54) is 36.9 Å². The van der Waals surface area contributed by atoms with Crippen molar-refractivity contribution in [1.29, 1.82) is 0 Å². The standard InChI is InChI=1S/C13H21N3/c1-8(12-7-14-16-9(12)2)15-13-6-10-3-4-11(13)5-10/h7-8,10-11,13,15H,3-6H2,1-2H3,(H,14,16). The molecular formula is C13H21N3. The molecule has 0 radical (unpaired) electrons. The molecule has 2 aliphatic carbocycles. The van der Waals surface area contributed by atoms with Crippen LogP contribution in [0, 0.1) is 18.8 Å². The molecule has 3 nitrogen and oxygen atoms in total. The van der Waals surface area contributed by atoms with E-state index in [9.17, 15) is 0 Å². The summed E-state index contributed by atoms with van der Waals surface area (Å²) >= 11 is 0. The van der Waals surface area contributed by atoms with Gasteiger partial charge in [0.05, 0.1) is 6.20 Å². The monoisotopic (exact) mass is 219 g/mol. The summed E-state index contributed by atoms with van der Waals surface area (Å²) in [6, 6.07) is 1.19. The molecule has 1 aromatic heterocycles. The molecular weight excluding hydrogens is 198 g/mol. The van der Waals surface area contributed by atoms with Gasteiger partial charge in [0, 0.05) is 23.3 Å². The van der Waals surface area contributed by atoms with Crippen LogP contribution in [0.1, 0.15) is 49.9 Å². The number of aryl methyl sites for hydroxylation is 1. The summed E-state index contributed by atoms with van der Waals surface area (Å²) in [5.41, 5.74) is 2.52. The molecule has 0 amide bonds. The van der Waals surface area contributed by atoms with Gasteiger partial charge >= 0.3 is 0 Å². The van der Waals surface area contributed by atoms with Crippen LogP contribution in [0.5, 0.6) is 0 Å². The number of rotatable bonds is 3. The molecule has 2 N–H and O–H groups in total. The molecule has 2 bridgehead atoms. The van der Waals surface area contributed by atoms with Gasteiger partial charge in [-0.2, -0.15) is 5.10 Å². The highest BCUT2D eigenvalue weighted by atomic mass is 15.1. The second-order valence-electron chi connectivity index (χ2n) is 5.62. The fourth-order valence-electron chi connectivity index (χ4n) is 3.66. The van der Waals surface area contributed by atoms with Crippen LogP contribution in [0.3, 0.4) is 0 Å². The third kappa shape index (κ3) is 1.67. The van der Waals surface area contributed by atoms with Crippen molar-refractivity contribution in [2.75, 3.05) is 0 Å². The lowest BCUT2D eigenvalue weighted by Gasteiger charge is -2.26. The minimum absolute atomic E-state index is 0.433. The first-order valence-corrected chi connectivity index (χ1v) is 6.50. The van der Waals surface area contributed by atoms with E-state index in [1.54, 1.807) is 0 Å². The predicted molar refractivity (Wildman–Crippen MR) is 64.1 cm³/mol. The largest absolute Gasteiger partial charge is 0.307 e. The van der Waals surface area contributed by atoms with Crippen LogP contribution in [-0.4, -0.2) is 16.2 Å². The number of nitrogens with one attached hydrogen (secondary N) is 2. The van der Waals surface area contributed by atoms with Crippen LogP contribution in [0.25, 0.3) is 0 Å². The highest BCUT2D eigenvalue weighted by Gasteiger charge is 2.39. The van der Waals surface area contributed by atoms with E-state index in [1.807, 2.05) is 6.20 Å². The fourth-order valence-corrected chi connectivity index (χ4v) is 3.66. The molecule has 0 aliphatic heterocycles. The number of fused-ring (bicyclic) bond motifs is 2. The van der Waals surface area contributed by atoms with Gasteiger partial charge in [0.1, 0.15) is 0 Å². The van der Waals surface area contributed by atoms with Gasteiger partial charge in [-0.05, 0) is 44.9 Å². The first-order valence-electron chi connectivity index (χ1n) is 6.50. The average Bonchev–Trinajstić information content (AvgIpc) is 2.92. The maximum Gasteiger partial charge on any atom is 0.0537 e. The lowest BCUT2D eigenvalue weighted by molar-refractivity contribution is 0.326. The Labute approximate surface area is 97.0 Å². The van der Waals surface area contributed by atoms with Gasteiger partial charge < -0.3 is 5.32 Å². The molecule has 4 unspecified atom stereocenters. The number of aromatic amines is 1. The Bertz CT molecular complexity index is 371. The lowest BCUT2D eigenvalue weighted by atomic mass is 9.94. The molecule has 88 valence electrons. The summed E-state index contributed by atoms with van der Waals surface area (Å²) in [6.07, 6.45) is 7.74. The third-order valence-electron chi connectivity index (χ3n) is 4.54. The topological polar surface area (TPSA) is 40.7 Å². The van der Waals surface area contributed by atoms with Crippen LogP contribution in [0.15, 0.2) is 6.20 Å². The van der Waals surface area contributed by atoms with E-state index in [2.05, 4.69) is 29.4 Å². The number of aromatic nitrogens is 2. The molecule has 3 rings (SSSR count). The van der Waals surface area contributed by atoms with E-state index < -0.39 is 0 Å². The number of H-pyrrole nitrogens is 1. The zero-order valence-corrected chi connectivity index (χ0v) is 10.2. The highest BCUT2D eigenvalue weighted by molar-refractivity contribution is 5.18. The summed E-state index contributed by atoms with van der Waals surface area (Å²) in [5.74, 6) is 1.96. The fraction of sp³-hybridized carbons (Fsp3) is 0.769. The zero-order chi connectivity index (χ0) is 11.1. The van der Waals surface area contributed by atoms with Gasteiger partial charge in [0.25, 0.3) is 0 Å². The zero-order valence-electron chi connectivity index (χ0n) is 10.2. The van der Waals surface area contributed by atoms with Crippen molar-refractivity contribution in [3.63, 3.8) is 0 Å². The Morgan fingerprint density at radius 2 is 2.31 bits per heavy atom. The summed E-state index contributed by atoms with van der Waals surface area (Å²) in [7, 11) is 0. The summed E-state index contributed by atoms with van der Waals surface area (Å²) in [6.45, 7) is 4.35. The van der Waals surface area contributed by atoms with Gasteiger partial charge in [-0.1, -0.05) is 6.42 Å². The van der Waals surface area contributed by atoms with Crippen LogP contribution in [0.4, 0.5) is 0 Å². The van der Waals surface area contributed by atoms with Crippen molar-refractivity contribution in [1.82, 2.24) is 15.5 Å². The molecule has 2 aliphatic rings. The van der Waals surface area contributed by atoms with Gasteiger partial charge in [-0.3, -0.25) is 5.10 Å². The van der Waals surface area contributed by atoms with Gasteiger partial charge in [-0.15, -0.1) is 0 Å². The third-order valence-corrected chi connectivity index (χ3v) is 4.54. The summed E-state index contributed by atoms with van der Waals surface area (Å²) < 4.78 is 0. The summed E-state index contributed by atoms with van der Waals surface area (Å²) in [5, 5.41) is 10.9. The quantitative estimate of drug-likeness (QED) is 0.820. The van der Waals surface area contributed by atoms with Crippen molar-refractivity contribution in [3.05, 3.63) is 17.5 Å². The Kier molecular flexibility index (Phi) is 2.51. The second kappa shape index (κ2) is 3.88. The maximum absolute atomic E-state index is 4.10. The SMILES string of the molecule is Cc1[nH]ncc1C(C)NC1CC2CCC1C2. The first-order chi connectivity index (χ1) is 7.74. The van der Waals surface area contributed by atoms with Gasteiger partial charge in [0.15, 0.2) is 0 Å². The van der Waals surface area contributed by atoms with E-state index in [-0.39, 0.29) is 0 Å². The molecule has 1 aromatic rings. The Morgan fingerprint density at radius 1 is 1.44 bits per heavy atom. The number of nitrogens with zero attached hydrogens (tertiary/aromatic N) is 1. The van der Waals surface area contributed by atoms with Crippen LogP contribution < -0.4 is 5.32 Å². The van der Waals surface area contributed by atoms with Crippen molar-refractivity contribution in [3.8, 4) is 0 Å². The van der Waals surface area contributed by atoms with E-state index >= 15 is 0 Å². The minimum atomic E-state index is 0.433. The molecule has 0 aromatic carbocycles. The smallest absolute Gasteiger partial charge is 0.0537 e. The van der Waals surface area contributed by atoms with Crippen molar-refractivity contribution >= 4 is 0 Å². The van der Waals surface area contributed by atoms with E-state index in [0.29, 0.717) is 6.04 Å². The molecule has 0 saturated heterocycles. The van der Waals surface area contributed by atoms with Crippen LogP contribution in [-0.2, 0) is 0 Å². The van der Waals surface area contributed by atoms with Crippen molar-refractivity contribution in [2.45, 2.75) is 51.6 Å². The number of hydrogen-bond donors (Lipinski definition) is 2. The Balaban J connectivity index is 1.65. The average molecular weight is 219 g/mol. The Morgan fingerprint density at radius 3 is 2.88 bits per heavy atom. The lowest BCUT2D eigenvalue weighted by Crippen LogP contribution is -2.35. The van der Waals surface area contributed by atoms with Crippen LogP contribution in [0.2, 0.25) is 0 Å². The van der Waals surface area contributed by atoms with Crippen molar-refractivity contribution < 1.29 is 0 Å². The molecule has 3 heteroatoms. The predicted octanol–water partition coefficient (Wildman–Crippen LogP) is 2.56. The maximum atomic E-state index is 4.10. The first kappa shape index (κ1) is 10.3. The second-order valence-corrected chi connectivity index (χ2v) is 5.62. The molecule has 2 saturated carbocycles. The van der Waals surface area contributed by atoms with Gasteiger partial charge in [0.2, 0.25) is 0 Å². The normalized spacial score (nSPS) is 34.5. The Hall–Kier alpha value is -0.830. The molecule has 16 heavy (non-hydrogen) atoms. The highest BCUT2D eigenvalue weighted by Crippen LogP contribution is 2.45. The van der Waals surface area contributed by atoms with Crippen molar-refractivity contribution in [2.24, 2.45) is 11.8 Å². The molecule has 0 spiro atoms. The molecule has 1 heterocycles. The van der Waals surface area contributed by atoms with E-state index in [0.717, 1.165) is 17.9 Å². The minimum Gasteiger partial charge on any atom is -0.307 e. The summed E-state index contributed by atoms with van der Waals surface area (Å²) in [4.78, 5) is 0. The van der Waals surface area contributed by atoms with Gasteiger partial charge in [-0.25, -0.2) is 0 Å². The number of hydrogen-bond acceptors (Lipinski definition) is 2. The van der Waals surface area contributed by atoms with Crippen LogP contribution >= 0.6 is 0 Å². The molecule has 4 atom stereocenters. The van der Waals surface area contributed by atoms with E-state index in [4.69, 9.17) is 0 Å².